The largest absolute Gasteiger partial charge is 0.493 e. The molecule has 2 aromatic heterocycles. The molecule has 1 aliphatic rings. The molecule has 0 atom stereocenters. The number of benzene rings is 1. The molecule has 10 nitrogen and oxygen atoms in total. The second kappa shape index (κ2) is 9.13. The number of amides is 1. The number of carbonyl (C=O) groups excluding carboxylic acids is 1. The fourth-order valence-corrected chi connectivity index (χ4v) is 4.33. The summed E-state index contributed by atoms with van der Waals surface area (Å²) in [6, 6.07) is 5.18. The number of piperazine rings is 1. The average molecular weight is 455 g/mol. The topological polar surface area (TPSA) is 94.7 Å². The van der Waals surface area contributed by atoms with Crippen molar-refractivity contribution < 1.29 is 14.3 Å². The van der Waals surface area contributed by atoms with E-state index >= 15 is 0 Å². The van der Waals surface area contributed by atoms with Crippen LogP contribution in [0.3, 0.4) is 0 Å². The summed E-state index contributed by atoms with van der Waals surface area (Å²) in [5.74, 6) is 1.69. The van der Waals surface area contributed by atoms with Crippen LogP contribution >= 0.6 is 0 Å². The van der Waals surface area contributed by atoms with Gasteiger partial charge in [0.05, 0.1) is 19.9 Å². The second-order valence-corrected chi connectivity index (χ2v) is 8.12. The van der Waals surface area contributed by atoms with Gasteiger partial charge in [-0.1, -0.05) is 6.92 Å². The van der Waals surface area contributed by atoms with Crippen LogP contribution < -0.4 is 19.9 Å². The maximum Gasteiger partial charge on any atom is 0.281 e. The maximum absolute atomic E-state index is 13.2. The molecule has 0 N–H and O–H groups in total. The van der Waals surface area contributed by atoms with Gasteiger partial charge in [0.2, 0.25) is 5.95 Å². The van der Waals surface area contributed by atoms with Crippen LogP contribution in [0.2, 0.25) is 0 Å². The van der Waals surface area contributed by atoms with E-state index in [-0.39, 0.29) is 11.5 Å². The number of hydrogen-bond donors (Lipinski definition) is 0. The van der Waals surface area contributed by atoms with E-state index < -0.39 is 0 Å². The standard InChI is InChI=1S/C23H30N6O4/c1-6-9-29-22(31)20-19(15(2)25-26(20)3)24-23(29)28-12-10-27(11-13-28)21(30)16-7-8-17(32-4)18(14-16)33-5/h7-8,14H,6,9-13H2,1-5H3. The van der Waals surface area contributed by atoms with Crippen LogP contribution in [-0.2, 0) is 13.6 Å². The Morgan fingerprint density at radius 2 is 1.79 bits per heavy atom. The fraction of sp³-hybridized carbons (Fsp3) is 0.478. The molecule has 1 saturated heterocycles. The predicted molar refractivity (Wildman–Crippen MR) is 125 cm³/mol. The van der Waals surface area contributed by atoms with Gasteiger partial charge in [-0.3, -0.25) is 18.8 Å². The zero-order valence-corrected chi connectivity index (χ0v) is 19.8. The molecule has 4 rings (SSSR count). The summed E-state index contributed by atoms with van der Waals surface area (Å²) >= 11 is 0. The van der Waals surface area contributed by atoms with Gasteiger partial charge in [-0.05, 0) is 31.5 Å². The molecule has 10 heteroatoms. The Morgan fingerprint density at radius 3 is 2.42 bits per heavy atom. The summed E-state index contributed by atoms with van der Waals surface area (Å²) in [7, 11) is 4.89. The highest BCUT2D eigenvalue weighted by molar-refractivity contribution is 5.95. The van der Waals surface area contributed by atoms with Crippen LogP contribution in [0.4, 0.5) is 5.95 Å². The van der Waals surface area contributed by atoms with E-state index in [2.05, 4.69) is 10.00 Å². The molecule has 0 spiro atoms. The number of methoxy groups -OCH3 is 2. The number of hydrogen-bond acceptors (Lipinski definition) is 7. The molecule has 176 valence electrons. The van der Waals surface area contributed by atoms with Crippen LogP contribution in [0, 0.1) is 6.92 Å². The van der Waals surface area contributed by atoms with Crippen molar-refractivity contribution >= 4 is 22.9 Å². The van der Waals surface area contributed by atoms with E-state index in [1.165, 1.54) is 0 Å². The zero-order valence-electron chi connectivity index (χ0n) is 19.8. The lowest BCUT2D eigenvalue weighted by molar-refractivity contribution is 0.0745. The lowest BCUT2D eigenvalue weighted by Gasteiger charge is -2.36. The highest BCUT2D eigenvalue weighted by atomic mass is 16.5. The van der Waals surface area contributed by atoms with E-state index in [0.717, 1.165) is 12.1 Å². The average Bonchev–Trinajstić information content (AvgIpc) is 3.13. The minimum absolute atomic E-state index is 0.0620. The molecule has 1 aromatic carbocycles. The summed E-state index contributed by atoms with van der Waals surface area (Å²) in [5.41, 5.74) is 2.36. The van der Waals surface area contributed by atoms with Gasteiger partial charge in [0.1, 0.15) is 5.52 Å². The molecule has 33 heavy (non-hydrogen) atoms. The smallest absolute Gasteiger partial charge is 0.281 e. The fourth-order valence-electron chi connectivity index (χ4n) is 4.33. The molecule has 0 bridgehead atoms. The Morgan fingerprint density at radius 1 is 1.09 bits per heavy atom. The summed E-state index contributed by atoms with van der Waals surface area (Å²) in [4.78, 5) is 35.1. The van der Waals surface area contributed by atoms with E-state index in [1.54, 1.807) is 48.7 Å². The highest BCUT2D eigenvalue weighted by Crippen LogP contribution is 2.28. The SMILES string of the molecule is CCCn1c(N2CCN(C(=O)c3ccc(OC)c(OC)c3)CC2)nc2c(C)nn(C)c2c1=O. The lowest BCUT2D eigenvalue weighted by atomic mass is 10.1. The summed E-state index contributed by atoms with van der Waals surface area (Å²) in [6.07, 6.45) is 0.814. The summed E-state index contributed by atoms with van der Waals surface area (Å²) in [6.45, 7) is 6.70. The van der Waals surface area contributed by atoms with E-state index in [0.29, 0.717) is 66.8 Å². The van der Waals surface area contributed by atoms with Crippen molar-refractivity contribution in [1.82, 2.24) is 24.2 Å². The van der Waals surface area contributed by atoms with Crippen molar-refractivity contribution in [3.05, 3.63) is 39.8 Å². The minimum Gasteiger partial charge on any atom is -0.493 e. The van der Waals surface area contributed by atoms with Crippen LogP contribution in [0.15, 0.2) is 23.0 Å². The monoisotopic (exact) mass is 454 g/mol. The first-order chi connectivity index (χ1) is 15.9. The van der Waals surface area contributed by atoms with Crippen molar-refractivity contribution in [3.63, 3.8) is 0 Å². The van der Waals surface area contributed by atoms with Gasteiger partial charge < -0.3 is 19.3 Å². The van der Waals surface area contributed by atoms with Crippen molar-refractivity contribution in [2.75, 3.05) is 45.3 Å². The first-order valence-corrected chi connectivity index (χ1v) is 11.1. The highest BCUT2D eigenvalue weighted by Gasteiger charge is 2.27. The predicted octanol–water partition coefficient (Wildman–Crippen LogP) is 1.83. The molecule has 0 aliphatic carbocycles. The first kappa shape index (κ1) is 22.6. The molecule has 3 aromatic rings. The normalized spacial score (nSPS) is 14.1. The molecule has 0 unspecified atom stereocenters. The first-order valence-electron chi connectivity index (χ1n) is 11.1. The van der Waals surface area contributed by atoms with Crippen molar-refractivity contribution in [1.29, 1.82) is 0 Å². The number of aromatic nitrogens is 4. The van der Waals surface area contributed by atoms with E-state index in [4.69, 9.17) is 14.5 Å². The Labute approximate surface area is 192 Å². The minimum atomic E-state index is -0.0798. The van der Waals surface area contributed by atoms with E-state index in [9.17, 15) is 9.59 Å². The maximum atomic E-state index is 13.2. The van der Waals surface area contributed by atoms with Crippen molar-refractivity contribution in [2.45, 2.75) is 26.8 Å². The summed E-state index contributed by atoms with van der Waals surface area (Å²) in [5, 5.41) is 4.38. The van der Waals surface area contributed by atoms with Gasteiger partial charge >= 0.3 is 0 Å². The van der Waals surface area contributed by atoms with Gasteiger partial charge in [-0.15, -0.1) is 0 Å². The molecule has 1 aliphatic heterocycles. The van der Waals surface area contributed by atoms with Gasteiger partial charge in [0.15, 0.2) is 17.0 Å². The van der Waals surface area contributed by atoms with Gasteiger partial charge in [0, 0.05) is 45.3 Å². The van der Waals surface area contributed by atoms with Crippen LogP contribution in [0.25, 0.3) is 11.0 Å². The zero-order chi connectivity index (χ0) is 23.7. The number of aryl methyl sites for hydroxylation is 2. The van der Waals surface area contributed by atoms with Crippen LogP contribution in [0.1, 0.15) is 29.4 Å². The Bertz CT molecular complexity index is 1240. The quantitative estimate of drug-likeness (QED) is 0.561. The summed E-state index contributed by atoms with van der Waals surface area (Å²) < 4.78 is 13.9. The van der Waals surface area contributed by atoms with Gasteiger partial charge in [-0.25, -0.2) is 4.98 Å². The Hall–Kier alpha value is -3.56. The molecular formula is C23H30N6O4. The van der Waals surface area contributed by atoms with Gasteiger partial charge in [0.25, 0.3) is 11.5 Å². The molecule has 1 amide bonds. The molecule has 0 saturated carbocycles. The van der Waals surface area contributed by atoms with Crippen molar-refractivity contribution in [3.8, 4) is 11.5 Å². The number of ether oxygens (including phenoxy) is 2. The van der Waals surface area contributed by atoms with Crippen LogP contribution in [0.5, 0.6) is 11.5 Å². The van der Waals surface area contributed by atoms with Crippen LogP contribution in [-0.4, -0.2) is 70.5 Å². The van der Waals surface area contributed by atoms with Crippen molar-refractivity contribution in [2.24, 2.45) is 7.05 Å². The van der Waals surface area contributed by atoms with E-state index in [1.807, 2.05) is 18.7 Å². The second-order valence-electron chi connectivity index (χ2n) is 8.12. The molecular weight excluding hydrogens is 424 g/mol. The third-order valence-electron chi connectivity index (χ3n) is 6.02. The van der Waals surface area contributed by atoms with Gasteiger partial charge in [-0.2, -0.15) is 5.10 Å². The number of rotatable bonds is 6. The molecule has 0 radical (unpaired) electrons. The number of nitrogens with zero attached hydrogens (tertiary/aromatic N) is 6. The lowest BCUT2D eigenvalue weighted by Crippen LogP contribution is -2.50. The third kappa shape index (κ3) is 4.01. The number of carbonyl (C=O) groups is 1. The Balaban J connectivity index is 1.58. The number of anilines is 1. The molecule has 1 fully saturated rings. The molecule has 3 heterocycles. The number of fused-ring (bicyclic) bond motifs is 1. The Kier molecular flexibility index (Phi) is 6.26. The third-order valence-corrected chi connectivity index (χ3v) is 6.02.